The van der Waals surface area contributed by atoms with Crippen LogP contribution in [0.3, 0.4) is 0 Å². The predicted molar refractivity (Wildman–Crippen MR) is 147 cm³/mol. The Morgan fingerprint density at radius 2 is 1.81 bits per heavy atom. The largest absolute Gasteiger partial charge is 0.495 e. The van der Waals surface area contributed by atoms with Crippen molar-refractivity contribution < 1.29 is 23.8 Å². The molecule has 2 amide bonds. The maximum absolute atomic E-state index is 13.1. The number of ether oxygens (including phenoxy) is 3. The molecule has 1 heterocycles. The molecule has 0 N–H and O–H groups in total. The second-order valence-corrected chi connectivity index (χ2v) is 9.66. The van der Waals surface area contributed by atoms with Gasteiger partial charge < -0.3 is 14.2 Å². The fourth-order valence-electron chi connectivity index (χ4n) is 3.62. The molecule has 1 saturated heterocycles. The summed E-state index contributed by atoms with van der Waals surface area (Å²) in [5.74, 6) is 1.07. The number of imide groups is 1. The van der Waals surface area contributed by atoms with E-state index in [4.69, 9.17) is 14.2 Å². The van der Waals surface area contributed by atoms with Gasteiger partial charge in [-0.15, -0.1) is 0 Å². The first-order chi connectivity index (χ1) is 17.5. The van der Waals surface area contributed by atoms with Gasteiger partial charge in [0.05, 0.1) is 39.5 Å². The Balaban J connectivity index is 1.63. The van der Waals surface area contributed by atoms with E-state index in [9.17, 15) is 14.9 Å². The summed E-state index contributed by atoms with van der Waals surface area (Å²) in [6, 6.07) is 19.9. The van der Waals surface area contributed by atoms with Crippen molar-refractivity contribution >= 4 is 57.3 Å². The first-order valence-electron chi connectivity index (χ1n) is 10.9. The molecule has 0 radical (unpaired) electrons. The predicted octanol–water partition coefficient (Wildman–Crippen LogP) is 6.39. The van der Waals surface area contributed by atoms with Crippen LogP contribution in [0.5, 0.6) is 17.2 Å². The van der Waals surface area contributed by atoms with E-state index < -0.39 is 11.1 Å². The number of thioether (sulfide) groups is 1. The van der Waals surface area contributed by atoms with Crippen molar-refractivity contribution in [3.63, 3.8) is 0 Å². The number of hydrogen-bond donors (Lipinski definition) is 0. The third kappa shape index (κ3) is 5.34. The van der Waals surface area contributed by atoms with Gasteiger partial charge in [0.1, 0.15) is 12.4 Å². The van der Waals surface area contributed by atoms with Crippen LogP contribution in [-0.2, 0) is 11.4 Å². The van der Waals surface area contributed by atoms with E-state index in [-0.39, 0.29) is 6.61 Å². The Morgan fingerprint density at radius 3 is 2.56 bits per heavy atom. The van der Waals surface area contributed by atoms with Crippen molar-refractivity contribution in [3.05, 3.63) is 85.8 Å². The van der Waals surface area contributed by atoms with Crippen LogP contribution in [-0.4, -0.2) is 24.9 Å². The molecule has 0 bridgehead atoms. The summed E-state index contributed by atoms with van der Waals surface area (Å²) in [5.41, 5.74) is 2.41. The average molecular weight is 612 g/mol. The molecule has 1 aliphatic rings. The number of carbonyl (C=O) groups is 2. The first-order valence-corrected chi connectivity index (χ1v) is 12.8. The minimum Gasteiger partial charge on any atom is -0.495 e. The smallest absolute Gasteiger partial charge is 0.298 e. The zero-order valence-electron chi connectivity index (χ0n) is 19.5. The molecule has 9 heteroatoms. The number of halogens is 1. The third-order valence-electron chi connectivity index (χ3n) is 5.26. The van der Waals surface area contributed by atoms with Crippen molar-refractivity contribution in [2.24, 2.45) is 0 Å². The molecule has 0 unspecified atom stereocenters. The van der Waals surface area contributed by atoms with Gasteiger partial charge in [-0.2, -0.15) is 5.26 Å². The Kier molecular flexibility index (Phi) is 8.18. The third-order valence-corrected chi connectivity index (χ3v) is 6.93. The molecule has 0 atom stereocenters. The zero-order valence-corrected chi connectivity index (χ0v) is 22.5. The molecule has 3 aromatic rings. The molecule has 182 valence electrons. The molecule has 3 aromatic carbocycles. The molecule has 36 heavy (non-hydrogen) atoms. The number of carbonyl (C=O) groups excluding carboxylic acids is 2. The van der Waals surface area contributed by atoms with Gasteiger partial charge >= 0.3 is 0 Å². The van der Waals surface area contributed by atoms with Gasteiger partial charge in [0.25, 0.3) is 11.1 Å². The highest BCUT2D eigenvalue weighted by molar-refractivity contribution is 14.1. The molecule has 1 fully saturated rings. The number of benzene rings is 3. The fourth-order valence-corrected chi connectivity index (χ4v) is 5.24. The number of nitrogens with zero attached hydrogens (tertiary/aromatic N) is 2. The van der Waals surface area contributed by atoms with Gasteiger partial charge in [-0.05, 0) is 83.2 Å². The van der Waals surface area contributed by atoms with E-state index in [1.54, 1.807) is 42.5 Å². The molecule has 0 aromatic heterocycles. The highest BCUT2D eigenvalue weighted by Gasteiger charge is 2.37. The minimum atomic E-state index is -0.420. The monoisotopic (exact) mass is 612 g/mol. The zero-order chi connectivity index (χ0) is 25.7. The first kappa shape index (κ1) is 25.6. The van der Waals surface area contributed by atoms with E-state index in [1.807, 2.05) is 31.2 Å². The van der Waals surface area contributed by atoms with E-state index in [1.165, 1.54) is 7.11 Å². The minimum absolute atomic E-state index is 0.205. The maximum Gasteiger partial charge on any atom is 0.298 e. The van der Waals surface area contributed by atoms with Gasteiger partial charge in [0.15, 0.2) is 11.5 Å². The Labute approximate surface area is 226 Å². The second kappa shape index (κ2) is 11.5. The van der Waals surface area contributed by atoms with Crippen LogP contribution in [0.25, 0.3) is 6.08 Å². The Hall–Kier alpha value is -3.49. The lowest BCUT2D eigenvalue weighted by atomic mass is 10.1. The molecular formula is C27H21IN2O5S. The SMILES string of the molecule is CCOc1cc(/C=C2\SC(=O)N(c3ccccc3OC)C2=O)cc(I)c1OCc1ccccc1C#N. The topological polar surface area (TPSA) is 88.9 Å². The van der Waals surface area contributed by atoms with Crippen molar-refractivity contribution in [1.82, 2.24) is 0 Å². The summed E-state index contributed by atoms with van der Waals surface area (Å²) >= 11 is 3.02. The maximum atomic E-state index is 13.1. The van der Waals surface area contributed by atoms with Crippen LogP contribution in [0.2, 0.25) is 0 Å². The number of nitriles is 1. The molecule has 0 aliphatic carbocycles. The molecule has 7 nitrogen and oxygen atoms in total. The summed E-state index contributed by atoms with van der Waals surface area (Å²) in [4.78, 5) is 27.3. The average Bonchev–Trinajstić information content (AvgIpc) is 3.16. The molecular weight excluding hydrogens is 591 g/mol. The standard InChI is InChI=1S/C27H21IN2O5S/c1-3-34-23-13-17(12-20(28)25(23)35-16-19-9-5-4-8-18(19)15-29)14-24-26(31)30(27(32)36-24)21-10-6-7-11-22(21)33-2/h4-14H,3,16H2,1-2H3/b24-14-. The van der Waals surface area contributed by atoms with Crippen molar-refractivity contribution in [1.29, 1.82) is 5.26 Å². The van der Waals surface area contributed by atoms with Crippen LogP contribution in [0.15, 0.2) is 65.6 Å². The van der Waals surface area contributed by atoms with Crippen LogP contribution >= 0.6 is 34.4 Å². The summed E-state index contributed by atoms with van der Waals surface area (Å²) in [6.07, 6.45) is 1.67. The lowest BCUT2D eigenvalue weighted by molar-refractivity contribution is -0.113. The van der Waals surface area contributed by atoms with Gasteiger partial charge in [0.2, 0.25) is 0 Å². The van der Waals surface area contributed by atoms with Crippen LogP contribution < -0.4 is 19.1 Å². The molecule has 0 saturated carbocycles. The Bertz CT molecular complexity index is 1400. The number of hydrogen-bond acceptors (Lipinski definition) is 7. The van der Waals surface area contributed by atoms with Crippen LogP contribution in [0.1, 0.15) is 23.6 Å². The lowest BCUT2D eigenvalue weighted by Gasteiger charge is -2.16. The van der Waals surface area contributed by atoms with Crippen molar-refractivity contribution in [2.45, 2.75) is 13.5 Å². The second-order valence-electron chi connectivity index (χ2n) is 7.51. The van der Waals surface area contributed by atoms with Gasteiger partial charge in [-0.1, -0.05) is 30.3 Å². The van der Waals surface area contributed by atoms with E-state index in [0.717, 1.165) is 25.8 Å². The van der Waals surface area contributed by atoms with Crippen molar-refractivity contribution in [2.75, 3.05) is 18.6 Å². The van der Waals surface area contributed by atoms with Gasteiger partial charge in [-0.25, -0.2) is 4.90 Å². The highest BCUT2D eigenvalue weighted by atomic mass is 127. The van der Waals surface area contributed by atoms with E-state index >= 15 is 0 Å². The van der Waals surface area contributed by atoms with Crippen LogP contribution in [0.4, 0.5) is 10.5 Å². The quantitative estimate of drug-likeness (QED) is 0.215. The lowest BCUT2D eigenvalue weighted by Crippen LogP contribution is -2.28. The molecule has 1 aliphatic heterocycles. The van der Waals surface area contributed by atoms with Crippen molar-refractivity contribution in [3.8, 4) is 23.3 Å². The highest BCUT2D eigenvalue weighted by Crippen LogP contribution is 2.41. The van der Waals surface area contributed by atoms with Crippen LogP contribution in [0, 0.1) is 14.9 Å². The Morgan fingerprint density at radius 1 is 1.06 bits per heavy atom. The van der Waals surface area contributed by atoms with Gasteiger partial charge in [-0.3, -0.25) is 9.59 Å². The number of anilines is 1. The summed E-state index contributed by atoms with van der Waals surface area (Å²) in [7, 11) is 1.49. The number of amides is 2. The molecule has 0 spiro atoms. The summed E-state index contributed by atoms with van der Waals surface area (Å²) in [5, 5.41) is 8.94. The fraction of sp³-hybridized carbons (Fsp3) is 0.148. The number of methoxy groups -OCH3 is 1. The van der Waals surface area contributed by atoms with E-state index in [2.05, 4.69) is 28.7 Å². The normalized spacial score (nSPS) is 14.2. The summed E-state index contributed by atoms with van der Waals surface area (Å²) < 4.78 is 18.0. The molecule has 4 rings (SSSR count). The summed E-state index contributed by atoms with van der Waals surface area (Å²) in [6.45, 7) is 2.48. The number of rotatable bonds is 8. The number of para-hydroxylation sites is 2. The van der Waals surface area contributed by atoms with Gasteiger partial charge in [0, 0.05) is 5.56 Å². The van der Waals surface area contributed by atoms with E-state index in [0.29, 0.717) is 45.6 Å².